The van der Waals surface area contributed by atoms with Gasteiger partial charge in [-0.05, 0) is 12.2 Å². The number of carbonyl (C=O) groups excluding carboxylic acids is 1. The Labute approximate surface area is 64.8 Å². The number of hydrogen-bond acceptors (Lipinski definition) is 2. The van der Waals surface area contributed by atoms with E-state index in [2.05, 4.69) is 4.99 Å². The average Bonchev–Trinajstić information content (AvgIpc) is 1.93. The molecule has 1 N–H and O–H groups in total. The van der Waals surface area contributed by atoms with E-state index in [1.165, 1.54) is 6.92 Å². The maximum atomic E-state index is 10.5. The molecule has 0 atom stereocenters. The van der Waals surface area contributed by atoms with Crippen molar-refractivity contribution in [2.75, 3.05) is 0 Å². The molecule has 0 saturated heterocycles. The van der Waals surface area contributed by atoms with E-state index in [9.17, 15) is 4.79 Å². The number of carbonyl (C=O) groups is 1. The van der Waals surface area contributed by atoms with Crippen molar-refractivity contribution in [1.82, 2.24) is 0 Å². The van der Waals surface area contributed by atoms with Crippen LogP contribution in [-0.4, -0.2) is 22.8 Å². The van der Waals surface area contributed by atoms with Gasteiger partial charge in [0.2, 0.25) is 5.91 Å². The van der Waals surface area contributed by atoms with Crippen LogP contribution in [0.2, 0.25) is 0 Å². The van der Waals surface area contributed by atoms with E-state index in [1.54, 1.807) is 24.3 Å². The van der Waals surface area contributed by atoms with Crippen LogP contribution in [0.1, 0.15) is 6.92 Å². The Hall–Kier alpha value is -1.22. The Morgan fingerprint density at radius 2 is 2.09 bits per heavy atom. The van der Waals surface area contributed by atoms with Gasteiger partial charge in [-0.1, -0.05) is 12.2 Å². The number of amides is 1. The van der Waals surface area contributed by atoms with Crippen LogP contribution in [0.25, 0.3) is 0 Å². The average molecular weight is 151 g/mol. The lowest BCUT2D eigenvalue weighted by Gasteiger charge is -2.02. The van der Waals surface area contributed by atoms with Crippen molar-refractivity contribution in [2.24, 2.45) is 4.99 Å². The van der Waals surface area contributed by atoms with Crippen LogP contribution >= 0.6 is 0 Å². The number of aliphatic imine (C=N–C) groups is 1. The number of aliphatic hydroxyl groups is 1. The van der Waals surface area contributed by atoms with Crippen molar-refractivity contribution in [3.05, 3.63) is 24.3 Å². The topological polar surface area (TPSA) is 49.7 Å². The molecule has 0 unspecified atom stereocenters. The quantitative estimate of drug-likeness (QED) is 0.546. The van der Waals surface area contributed by atoms with Crippen molar-refractivity contribution in [2.45, 2.75) is 13.0 Å². The van der Waals surface area contributed by atoms with Gasteiger partial charge in [-0.3, -0.25) is 4.79 Å². The number of rotatable bonds is 0. The Balaban J connectivity index is 2.72. The van der Waals surface area contributed by atoms with Crippen molar-refractivity contribution in [3.63, 3.8) is 0 Å². The SMILES string of the molecule is CC(=O)N=C1C=CC(O)C=C1. The van der Waals surface area contributed by atoms with Crippen molar-refractivity contribution < 1.29 is 9.90 Å². The van der Waals surface area contributed by atoms with Crippen molar-refractivity contribution in [3.8, 4) is 0 Å². The molecule has 3 heteroatoms. The smallest absolute Gasteiger partial charge is 0.243 e. The highest BCUT2D eigenvalue weighted by Gasteiger charge is 2.00. The monoisotopic (exact) mass is 151 g/mol. The third-order valence-electron chi connectivity index (χ3n) is 1.21. The van der Waals surface area contributed by atoms with Crippen LogP contribution in [0.15, 0.2) is 29.3 Å². The summed E-state index contributed by atoms with van der Waals surface area (Å²) in [7, 11) is 0. The predicted molar refractivity (Wildman–Crippen MR) is 42.4 cm³/mol. The maximum Gasteiger partial charge on any atom is 0.243 e. The molecular weight excluding hydrogens is 142 g/mol. The standard InChI is InChI=1S/C8H9NO2/c1-6(10)9-7-2-4-8(11)5-3-7/h2-5,8,11H,1H3. The molecule has 0 aromatic heterocycles. The molecule has 3 nitrogen and oxygen atoms in total. The lowest BCUT2D eigenvalue weighted by Crippen LogP contribution is -2.05. The molecule has 1 aliphatic carbocycles. The summed E-state index contributed by atoms with van der Waals surface area (Å²) in [6.45, 7) is 1.39. The number of nitrogens with zero attached hydrogens (tertiary/aromatic N) is 1. The van der Waals surface area contributed by atoms with Gasteiger partial charge in [0, 0.05) is 6.92 Å². The number of aliphatic hydroxyl groups excluding tert-OH is 1. The first-order valence-corrected chi connectivity index (χ1v) is 3.32. The van der Waals surface area contributed by atoms with Gasteiger partial charge in [0.25, 0.3) is 0 Å². The summed E-state index contributed by atoms with van der Waals surface area (Å²) < 4.78 is 0. The highest BCUT2D eigenvalue weighted by molar-refractivity contribution is 6.09. The minimum Gasteiger partial charge on any atom is -0.385 e. The van der Waals surface area contributed by atoms with Crippen molar-refractivity contribution in [1.29, 1.82) is 0 Å². The predicted octanol–water partition coefficient (Wildman–Crippen LogP) is 0.461. The van der Waals surface area contributed by atoms with Gasteiger partial charge >= 0.3 is 0 Å². The molecule has 0 heterocycles. The van der Waals surface area contributed by atoms with Crippen LogP contribution in [0.5, 0.6) is 0 Å². The Bertz CT molecular complexity index is 235. The fraction of sp³-hybridized carbons (Fsp3) is 0.250. The molecule has 1 rings (SSSR count). The minimum absolute atomic E-state index is 0.231. The molecule has 58 valence electrons. The molecule has 0 aromatic carbocycles. The summed E-state index contributed by atoms with van der Waals surface area (Å²) in [6.07, 6.45) is 5.84. The lowest BCUT2D eigenvalue weighted by molar-refractivity contribution is -0.115. The van der Waals surface area contributed by atoms with E-state index < -0.39 is 6.10 Å². The van der Waals surface area contributed by atoms with Crippen LogP contribution in [0.4, 0.5) is 0 Å². The molecule has 0 spiro atoms. The van der Waals surface area contributed by atoms with Gasteiger partial charge in [-0.2, -0.15) is 0 Å². The van der Waals surface area contributed by atoms with Crippen LogP contribution < -0.4 is 0 Å². The fourth-order valence-electron chi connectivity index (χ4n) is 0.770. The van der Waals surface area contributed by atoms with E-state index in [0.29, 0.717) is 5.71 Å². The first-order valence-electron chi connectivity index (χ1n) is 3.32. The highest BCUT2D eigenvalue weighted by atomic mass is 16.3. The zero-order valence-corrected chi connectivity index (χ0v) is 6.19. The van der Waals surface area contributed by atoms with Crippen LogP contribution in [0.3, 0.4) is 0 Å². The third kappa shape index (κ3) is 2.47. The molecule has 11 heavy (non-hydrogen) atoms. The van der Waals surface area contributed by atoms with E-state index in [4.69, 9.17) is 5.11 Å². The zero-order valence-electron chi connectivity index (χ0n) is 6.19. The first kappa shape index (κ1) is 7.88. The maximum absolute atomic E-state index is 10.5. The third-order valence-corrected chi connectivity index (χ3v) is 1.21. The summed E-state index contributed by atoms with van der Waals surface area (Å²) >= 11 is 0. The van der Waals surface area contributed by atoms with Gasteiger partial charge in [-0.25, -0.2) is 4.99 Å². The van der Waals surface area contributed by atoms with Gasteiger partial charge in [0.1, 0.15) is 0 Å². The second kappa shape index (κ2) is 3.25. The minimum atomic E-state index is -0.541. The van der Waals surface area contributed by atoms with Gasteiger partial charge < -0.3 is 5.11 Å². The van der Waals surface area contributed by atoms with Gasteiger partial charge in [0.15, 0.2) is 0 Å². The van der Waals surface area contributed by atoms with E-state index in [-0.39, 0.29) is 5.91 Å². The molecular formula is C8H9NO2. The van der Waals surface area contributed by atoms with E-state index >= 15 is 0 Å². The van der Waals surface area contributed by atoms with Gasteiger partial charge in [0.05, 0.1) is 11.8 Å². The molecule has 1 aliphatic rings. The molecule has 0 saturated carbocycles. The Kier molecular flexibility index (Phi) is 2.33. The second-order valence-electron chi connectivity index (χ2n) is 2.26. The first-order chi connectivity index (χ1) is 5.18. The second-order valence-corrected chi connectivity index (χ2v) is 2.26. The Morgan fingerprint density at radius 3 is 2.55 bits per heavy atom. The summed E-state index contributed by atoms with van der Waals surface area (Å²) in [4.78, 5) is 14.1. The van der Waals surface area contributed by atoms with E-state index in [0.717, 1.165) is 0 Å². The normalized spacial score (nSPS) is 22.0. The molecule has 1 amide bonds. The van der Waals surface area contributed by atoms with Crippen molar-refractivity contribution >= 4 is 11.6 Å². The fourth-order valence-corrected chi connectivity index (χ4v) is 0.770. The van der Waals surface area contributed by atoms with E-state index in [1.807, 2.05) is 0 Å². The molecule has 0 fully saturated rings. The van der Waals surface area contributed by atoms with Gasteiger partial charge in [-0.15, -0.1) is 0 Å². The highest BCUT2D eigenvalue weighted by Crippen LogP contribution is 1.99. The molecule has 0 aromatic rings. The largest absolute Gasteiger partial charge is 0.385 e. The Morgan fingerprint density at radius 1 is 1.55 bits per heavy atom. The summed E-state index contributed by atoms with van der Waals surface area (Å²) in [5.41, 5.74) is 0.586. The summed E-state index contributed by atoms with van der Waals surface area (Å²) in [6, 6.07) is 0. The number of allylic oxidation sites excluding steroid dienone is 2. The summed E-state index contributed by atoms with van der Waals surface area (Å²) in [5.74, 6) is -0.231. The van der Waals surface area contributed by atoms with Crippen LogP contribution in [0, 0.1) is 0 Å². The molecule has 0 radical (unpaired) electrons. The zero-order chi connectivity index (χ0) is 8.27. The lowest BCUT2D eigenvalue weighted by atomic mass is 10.1. The summed E-state index contributed by atoms with van der Waals surface area (Å²) in [5, 5.41) is 8.95. The molecule has 0 aliphatic heterocycles. The van der Waals surface area contributed by atoms with Crippen LogP contribution in [-0.2, 0) is 4.79 Å². The molecule has 0 bridgehead atoms. The number of hydrogen-bond donors (Lipinski definition) is 1.